The molecule has 5 nitrogen and oxygen atoms in total. The molecule has 31 heavy (non-hydrogen) atoms. The first-order chi connectivity index (χ1) is 14.9. The van der Waals surface area contributed by atoms with Gasteiger partial charge >= 0.3 is 0 Å². The zero-order valence-electron chi connectivity index (χ0n) is 18.5. The third-order valence-corrected chi connectivity index (χ3v) is 5.48. The van der Waals surface area contributed by atoms with E-state index in [1.165, 1.54) is 0 Å². The summed E-state index contributed by atoms with van der Waals surface area (Å²) in [6, 6.07) is 13.6. The number of carbonyl (C=O) groups is 1. The van der Waals surface area contributed by atoms with Crippen LogP contribution in [-0.2, 0) is 4.79 Å². The van der Waals surface area contributed by atoms with Crippen molar-refractivity contribution in [2.24, 2.45) is 0 Å². The molecule has 0 bridgehead atoms. The fourth-order valence-corrected chi connectivity index (χ4v) is 3.76. The van der Waals surface area contributed by atoms with Crippen LogP contribution in [0.15, 0.2) is 53.0 Å². The van der Waals surface area contributed by atoms with Gasteiger partial charge in [0.25, 0.3) is 0 Å². The van der Waals surface area contributed by atoms with Crippen molar-refractivity contribution in [3.63, 3.8) is 0 Å². The molecular weight excluding hydrogens is 388 g/mol. The number of amides is 1. The summed E-state index contributed by atoms with van der Waals surface area (Å²) in [7, 11) is 0. The van der Waals surface area contributed by atoms with Crippen molar-refractivity contribution < 1.29 is 13.9 Å². The van der Waals surface area contributed by atoms with E-state index >= 15 is 0 Å². The van der Waals surface area contributed by atoms with Gasteiger partial charge in [-0.1, -0.05) is 6.07 Å². The summed E-state index contributed by atoms with van der Waals surface area (Å²) in [5, 5.41) is 4.93. The molecule has 158 valence electrons. The predicted octanol–water partition coefficient (Wildman–Crippen LogP) is 6.35. The summed E-state index contributed by atoms with van der Waals surface area (Å²) >= 11 is 0. The van der Waals surface area contributed by atoms with Crippen molar-refractivity contribution in [2.45, 2.75) is 34.6 Å². The number of aryl methyl sites for hydroxylation is 3. The number of aromatic nitrogens is 1. The van der Waals surface area contributed by atoms with Crippen LogP contribution in [0.3, 0.4) is 0 Å². The van der Waals surface area contributed by atoms with E-state index in [1.807, 2.05) is 77.1 Å². The van der Waals surface area contributed by atoms with Crippen LogP contribution < -0.4 is 10.1 Å². The molecule has 0 aliphatic heterocycles. The molecule has 1 N–H and O–H groups in total. The van der Waals surface area contributed by atoms with Gasteiger partial charge in [0.15, 0.2) is 0 Å². The lowest BCUT2D eigenvalue weighted by molar-refractivity contribution is -0.111. The van der Waals surface area contributed by atoms with Gasteiger partial charge in [0.2, 0.25) is 5.91 Å². The van der Waals surface area contributed by atoms with Crippen molar-refractivity contribution >= 4 is 39.0 Å². The molecule has 0 fully saturated rings. The smallest absolute Gasteiger partial charge is 0.248 e. The average Bonchev–Trinajstić information content (AvgIpc) is 3.00. The van der Waals surface area contributed by atoms with Crippen LogP contribution in [0.1, 0.15) is 36.4 Å². The standard InChI is InChI=1S/C26H26N2O3/c1-6-30-24-14-25-21(17(4)18(5)31-25)13-20(24)15(2)12-26(29)28-23-9-7-8-22-19(23)11-10-16(3)27-22/h7-14H,6H2,1-5H3,(H,28,29)/b15-12+. The van der Waals surface area contributed by atoms with Crippen LogP contribution >= 0.6 is 0 Å². The quantitative estimate of drug-likeness (QED) is 0.387. The second kappa shape index (κ2) is 8.26. The van der Waals surface area contributed by atoms with E-state index in [0.717, 1.165) is 55.7 Å². The Morgan fingerprint density at radius 1 is 1.13 bits per heavy atom. The van der Waals surface area contributed by atoms with Crippen molar-refractivity contribution in [3.8, 4) is 5.75 Å². The lowest BCUT2D eigenvalue weighted by Gasteiger charge is -2.12. The molecule has 2 aromatic carbocycles. The van der Waals surface area contributed by atoms with Gasteiger partial charge < -0.3 is 14.5 Å². The normalized spacial score (nSPS) is 11.8. The first-order valence-corrected chi connectivity index (χ1v) is 10.4. The van der Waals surface area contributed by atoms with Gasteiger partial charge in [-0.05, 0) is 76.1 Å². The number of hydrogen-bond acceptors (Lipinski definition) is 4. The Hall–Kier alpha value is -3.60. The van der Waals surface area contributed by atoms with Crippen molar-refractivity contribution in [1.82, 2.24) is 4.98 Å². The number of pyridine rings is 1. The summed E-state index contributed by atoms with van der Waals surface area (Å²) in [4.78, 5) is 17.4. The highest BCUT2D eigenvalue weighted by Gasteiger charge is 2.15. The molecule has 4 rings (SSSR count). The van der Waals surface area contributed by atoms with Gasteiger partial charge in [-0.25, -0.2) is 0 Å². The number of allylic oxidation sites excluding steroid dienone is 1. The maximum absolute atomic E-state index is 12.8. The van der Waals surface area contributed by atoms with E-state index in [1.54, 1.807) is 6.08 Å². The SMILES string of the molecule is CCOc1cc2oc(C)c(C)c2cc1/C(C)=C/C(=O)Nc1cccc2nc(C)ccc12. The molecule has 2 heterocycles. The van der Waals surface area contributed by atoms with Crippen LogP contribution in [0, 0.1) is 20.8 Å². The molecule has 0 radical (unpaired) electrons. The highest BCUT2D eigenvalue weighted by Crippen LogP contribution is 2.35. The number of nitrogens with one attached hydrogen (secondary N) is 1. The second-order valence-electron chi connectivity index (χ2n) is 7.70. The fourth-order valence-electron chi connectivity index (χ4n) is 3.76. The maximum atomic E-state index is 12.8. The molecule has 0 spiro atoms. The van der Waals surface area contributed by atoms with E-state index in [2.05, 4.69) is 10.3 Å². The van der Waals surface area contributed by atoms with E-state index in [4.69, 9.17) is 9.15 Å². The first kappa shape index (κ1) is 20.7. The largest absolute Gasteiger partial charge is 0.493 e. The summed E-state index contributed by atoms with van der Waals surface area (Å²) in [6.45, 7) is 10.3. The number of hydrogen-bond donors (Lipinski definition) is 1. The Balaban J connectivity index is 1.69. The number of rotatable bonds is 5. The predicted molar refractivity (Wildman–Crippen MR) is 126 cm³/mol. The minimum Gasteiger partial charge on any atom is -0.493 e. The van der Waals surface area contributed by atoms with Crippen LogP contribution in [0.5, 0.6) is 5.75 Å². The van der Waals surface area contributed by atoms with Crippen LogP contribution in [0.4, 0.5) is 5.69 Å². The molecular formula is C26H26N2O3. The minimum atomic E-state index is -0.201. The Morgan fingerprint density at radius 3 is 2.71 bits per heavy atom. The molecule has 0 saturated carbocycles. The molecule has 4 aromatic rings. The number of benzene rings is 2. The molecule has 0 aliphatic carbocycles. The summed E-state index contributed by atoms with van der Waals surface area (Å²) in [5.41, 5.74) is 6.11. The lowest BCUT2D eigenvalue weighted by atomic mass is 10.0. The van der Waals surface area contributed by atoms with Crippen molar-refractivity contribution in [1.29, 1.82) is 0 Å². The van der Waals surface area contributed by atoms with Gasteiger partial charge in [-0.15, -0.1) is 0 Å². The lowest BCUT2D eigenvalue weighted by Crippen LogP contribution is -2.09. The van der Waals surface area contributed by atoms with E-state index in [9.17, 15) is 4.79 Å². The zero-order valence-corrected chi connectivity index (χ0v) is 18.5. The zero-order chi connectivity index (χ0) is 22.1. The monoisotopic (exact) mass is 414 g/mol. The van der Waals surface area contributed by atoms with Gasteiger partial charge in [-0.2, -0.15) is 0 Å². The van der Waals surface area contributed by atoms with Crippen molar-refractivity contribution in [2.75, 3.05) is 11.9 Å². The van der Waals surface area contributed by atoms with Crippen LogP contribution in [-0.4, -0.2) is 17.5 Å². The van der Waals surface area contributed by atoms with Gasteiger partial charge in [0.05, 0.1) is 17.8 Å². The molecule has 2 aromatic heterocycles. The maximum Gasteiger partial charge on any atom is 0.248 e. The highest BCUT2D eigenvalue weighted by atomic mass is 16.5. The van der Waals surface area contributed by atoms with E-state index in [0.29, 0.717) is 12.4 Å². The molecule has 0 saturated heterocycles. The minimum absolute atomic E-state index is 0.201. The number of fused-ring (bicyclic) bond motifs is 2. The Bertz CT molecular complexity index is 1330. The Kier molecular flexibility index (Phi) is 5.51. The van der Waals surface area contributed by atoms with Gasteiger partial charge in [0, 0.05) is 34.2 Å². The van der Waals surface area contributed by atoms with Crippen molar-refractivity contribution in [3.05, 3.63) is 71.1 Å². The number of carbonyl (C=O) groups excluding carboxylic acids is 1. The summed E-state index contributed by atoms with van der Waals surface area (Å²) < 4.78 is 11.7. The number of nitrogens with zero attached hydrogens (tertiary/aromatic N) is 1. The highest BCUT2D eigenvalue weighted by molar-refractivity contribution is 6.08. The fraction of sp³-hybridized carbons (Fsp3) is 0.231. The van der Waals surface area contributed by atoms with E-state index in [-0.39, 0.29) is 5.91 Å². The third kappa shape index (κ3) is 4.04. The molecule has 1 amide bonds. The van der Waals surface area contributed by atoms with Gasteiger partial charge in [-0.3, -0.25) is 9.78 Å². The Labute approximate surface area is 181 Å². The molecule has 0 atom stereocenters. The third-order valence-electron chi connectivity index (χ3n) is 5.48. The second-order valence-corrected chi connectivity index (χ2v) is 7.70. The number of ether oxygens (including phenoxy) is 1. The summed E-state index contributed by atoms with van der Waals surface area (Å²) in [6.07, 6.45) is 1.60. The topological polar surface area (TPSA) is 64.4 Å². The van der Waals surface area contributed by atoms with Gasteiger partial charge in [0.1, 0.15) is 17.1 Å². The van der Waals surface area contributed by atoms with Crippen LogP contribution in [0.25, 0.3) is 27.4 Å². The number of furan rings is 1. The van der Waals surface area contributed by atoms with E-state index < -0.39 is 0 Å². The molecule has 5 heteroatoms. The average molecular weight is 415 g/mol. The first-order valence-electron chi connectivity index (χ1n) is 10.4. The summed E-state index contributed by atoms with van der Waals surface area (Å²) in [5.74, 6) is 1.39. The Morgan fingerprint density at radius 2 is 1.94 bits per heavy atom. The molecule has 0 unspecified atom stereocenters. The molecule has 0 aliphatic rings. The van der Waals surface area contributed by atoms with Crippen LogP contribution in [0.2, 0.25) is 0 Å². The number of anilines is 1.